The second-order valence-corrected chi connectivity index (χ2v) is 9.28. The Bertz CT molecular complexity index is 1000. The Kier molecular flexibility index (Phi) is 7.92. The van der Waals surface area contributed by atoms with E-state index in [9.17, 15) is 4.79 Å². The van der Waals surface area contributed by atoms with Gasteiger partial charge in [-0.25, -0.2) is 4.79 Å². The molecule has 0 aromatic heterocycles. The van der Waals surface area contributed by atoms with Crippen LogP contribution in [0.3, 0.4) is 0 Å². The Morgan fingerprint density at radius 2 is 1.55 bits per heavy atom. The molecular weight excluding hydrogens is 416 g/mol. The lowest BCUT2D eigenvalue weighted by atomic mass is 9.91. The van der Waals surface area contributed by atoms with Crippen LogP contribution in [-0.2, 0) is 14.3 Å². The van der Waals surface area contributed by atoms with Crippen LogP contribution in [0.15, 0.2) is 48.5 Å². The fourth-order valence-electron chi connectivity index (χ4n) is 4.35. The highest BCUT2D eigenvalue weighted by atomic mass is 16.6. The summed E-state index contributed by atoms with van der Waals surface area (Å²) in [5.41, 5.74) is 6.10. The maximum atomic E-state index is 12.5. The molecular formula is C27H34N2O4. The number of amides is 1. The van der Waals surface area contributed by atoms with E-state index in [2.05, 4.69) is 71.2 Å². The number of benzene rings is 2. The standard InChI is InChI=1S/C25H30N2O2.C2H4O2/c1-18-17-19-9-5-6-11-21(19)23(22-12-8-7-10-20(18)22)26-13-15-27(16-14-26)24(28)29-25(2,3)4;1-4-2-3/h5-12,17,23H,13-16H2,1-4H3;2H,1H3. The van der Waals surface area contributed by atoms with Gasteiger partial charge in [0.2, 0.25) is 0 Å². The third kappa shape index (κ3) is 6.02. The third-order valence-electron chi connectivity index (χ3n) is 5.77. The summed E-state index contributed by atoms with van der Waals surface area (Å²) in [6.45, 7) is 11.3. The highest BCUT2D eigenvalue weighted by Gasteiger charge is 2.32. The van der Waals surface area contributed by atoms with Crippen LogP contribution in [0.25, 0.3) is 11.6 Å². The van der Waals surface area contributed by atoms with E-state index in [4.69, 9.17) is 9.53 Å². The van der Waals surface area contributed by atoms with Crippen molar-refractivity contribution >= 4 is 24.2 Å². The highest BCUT2D eigenvalue weighted by Crippen LogP contribution is 2.40. The molecule has 0 saturated carbocycles. The number of allylic oxidation sites excluding steroid dienone is 1. The summed E-state index contributed by atoms with van der Waals surface area (Å²) in [6, 6.07) is 17.6. The smallest absolute Gasteiger partial charge is 0.410 e. The van der Waals surface area contributed by atoms with E-state index in [1.165, 1.54) is 34.9 Å². The first-order valence-electron chi connectivity index (χ1n) is 11.3. The van der Waals surface area contributed by atoms with E-state index >= 15 is 0 Å². The summed E-state index contributed by atoms with van der Waals surface area (Å²) in [7, 11) is 1.31. The van der Waals surface area contributed by atoms with Crippen molar-refractivity contribution in [3.63, 3.8) is 0 Å². The van der Waals surface area contributed by atoms with E-state index in [0.29, 0.717) is 19.6 Å². The van der Waals surface area contributed by atoms with Gasteiger partial charge >= 0.3 is 6.09 Å². The summed E-state index contributed by atoms with van der Waals surface area (Å²) in [4.78, 5) is 25.8. The van der Waals surface area contributed by atoms with Crippen molar-refractivity contribution in [2.45, 2.75) is 39.3 Å². The van der Waals surface area contributed by atoms with Crippen LogP contribution in [0.2, 0.25) is 0 Å². The Morgan fingerprint density at radius 3 is 2.15 bits per heavy atom. The minimum absolute atomic E-state index is 0.192. The van der Waals surface area contributed by atoms with Gasteiger partial charge in [0.15, 0.2) is 0 Å². The van der Waals surface area contributed by atoms with Gasteiger partial charge in [-0.1, -0.05) is 54.6 Å². The molecule has 2 aromatic carbocycles. The van der Waals surface area contributed by atoms with Gasteiger partial charge in [-0.05, 0) is 55.5 Å². The number of carbonyl (C=O) groups excluding carboxylic acids is 2. The monoisotopic (exact) mass is 450 g/mol. The summed E-state index contributed by atoms with van der Waals surface area (Å²) < 4.78 is 9.43. The van der Waals surface area contributed by atoms with Gasteiger partial charge < -0.3 is 14.4 Å². The zero-order valence-corrected chi connectivity index (χ0v) is 20.2. The number of nitrogens with zero attached hydrogens (tertiary/aromatic N) is 2. The predicted molar refractivity (Wildman–Crippen MR) is 131 cm³/mol. The SMILES string of the molecule is CC1=Cc2ccccc2C(N2CCN(C(=O)OC(C)(C)C)CC2)c2ccccc21.COC=O. The summed E-state index contributed by atoms with van der Waals surface area (Å²) in [6.07, 6.45) is 2.09. The van der Waals surface area contributed by atoms with Crippen LogP contribution >= 0.6 is 0 Å². The largest absolute Gasteiger partial charge is 0.471 e. The second kappa shape index (κ2) is 10.7. The van der Waals surface area contributed by atoms with Crippen molar-refractivity contribution in [3.8, 4) is 0 Å². The van der Waals surface area contributed by atoms with Gasteiger partial charge in [0.1, 0.15) is 5.60 Å². The first-order chi connectivity index (χ1) is 15.7. The summed E-state index contributed by atoms with van der Waals surface area (Å²) in [5, 5.41) is 0. The van der Waals surface area contributed by atoms with Gasteiger partial charge in [-0.15, -0.1) is 0 Å². The number of rotatable bonds is 2. The first kappa shape index (κ1) is 24.5. The molecule has 0 bridgehead atoms. The van der Waals surface area contributed by atoms with Crippen LogP contribution < -0.4 is 0 Å². The van der Waals surface area contributed by atoms with E-state index in [1.54, 1.807) is 0 Å². The molecule has 2 aromatic rings. The molecule has 33 heavy (non-hydrogen) atoms. The first-order valence-corrected chi connectivity index (χ1v) is 11.3. The molecule has 0 radical (unpaired) electrons. The normalized spacial score (nSPS) is 17.9. The van der Waals surface area contributed by atoms with Gasteiger partial charge in [0.25, 0.3) is 6.47 Å². The molecule has 1 unspecified atom stereocenters. The number of carbonyl (C=O) groups is 2. The van der Waals surface area contributed by atoms with E-state index in [-0.39, 0.29) is 12.1 Å². The molecule has 1 atom stereocenters. The summed E-state index contributed by atoms with van der Waals surface area (Å²) >= 11 is 0. The maximum absolute atomic E-state index is 12.5. The Balaban J connectivity index is 0.000000709. The van der Waals surface area contributed by atoms with Crippen molar-refractivity contribution < 1.29 is 19.1 Å². The van der Waals surface area contributed by atoms with Crippen molar-refractivity contribution in [2.24, 2.45) is 0 Å². The van der Waals surface area contributed by atoms with Crippen molar-refractivity contribution in [1.29, 1.82) is 0 Å². The fraction of sp³-hybridized carbons (Fsp3) is 0.407. The van der Waals surface area contributed by atoms with Crippen LogP contribution in [0.4, 0.5) is 4.79 Å². The number of fused-ring (bicyclic) bond motifs is 2. The average molecular weight is 451 g/mol. The van der Waals surface area contributed by atoms with Crippen LogP contribution in [-0.4, -0.2) is 61.3 Å². The molecule has 6 nitrogen and oxygen atoms in total. The molecule has 1 saturated heterocycles. The molecule has 2 aliphatic rings. The molecule has 0 N–H and O–H groups in total. The molecule has 1 amide bonds. The summed E-state index contributed by atoms with van der Waals surface area (Å²) in [5.74, 6) is 0. The quantitative estimate of drug-likeness (QED) is 0.603. The zero-order chi connectivity index (χ0) is 24.0. The van der Waals surface area contributed by atoms with Crippen LogP contribution in [0.1, 0.15) is 56.0 Å². The predicted octanol–water partition coefficient (Wildman–Crippen LogP) is 4.99. The lowest BCUT2D eigenvalue weighted by molar-refractivity contribution is -0.126. The molecule has 1 aliphatic heterocycles. The molecule has 6 heteroatoms. The maximum Gasteiger partial charge on any atom is 0.410 e. The Hall–Kier alpha value is -3.12. The molecule has 176 valence electrons. The van der Waals surface area contributed by atoms with E-state index < -0.39 is 5.60 Å². The second-order valence-electron chi connectivity index (χ2n) is 9.28. The van der Waals surface area contributed by atoms with Gasteiger partial charge in [-0.3, -0.25) is 9.69 Å². The third-order valence-corrected chi connectivity index (χ3v) is 5.77. The van der Waals surface area contributed by atoms with Crippen molar-refractivity contribution in [2.75, 3.05) is 33.3 Å². The van der Waals surface area contributed by atoms with Gasteiger partial charge in [-0.2, -0.15) is 0 Å². The lowest BCUT2D eigenvalue weighted by Gasteiger charge is -2.40. The van der Waals surface area contributed by atoms with E-state index in [1.807, 2.05) is 25.7 Å². The minimum Gasteiger partial charge on any atom is -0.471 e. The number of hydrogen-bond donors (Lipinski definition) is 0. The topological polar surface area (TPSA) is 59.1 Å². The molecule has 1 aliphatic carbocycles. The number of hydrogen-bond acceptors (Lipinski definition) is 5. The zero-order valence-electron chi connectivity index (χ0n) is 20.2. The van der Waals surface area contributed by atoms with Crippen molar-refractivity contribution in [1.82, 2.24) is 9.80 Å². The lowest BCUT2D eigenvalue weighted by Crippen LogP contribution is -2.51. The molecule has 1 fully saturated rings. The van der Waals surface area contributed by atoms with Gasteiger partial charge in [0, 0.05) is 26.2 Å². The fourth-order valence-corrected chi connectivity index (χ4v) is 4.35. The van der Waals surface area contributed by atoms with Crippen LogP contribution in [0, 0.1) is 0 Å². The molecule has 0 spiro atoms. The number of ether oxygens (including phenoxy) is 2. The minimum atomic E-state index is -0.462. The molecule has 1 heterocycles. The average Bonchev–Trinajstić information content (AvgIpc) is 2.92. The number of piperazine rings is 1. The Labute approximate surface area is 196 Å². The van der Waals surface area contributed by atoms with Crippen molar-refractivity contribution in [3.05, 3.63) is 70.8 Å². The highest BCUT2D eigenvalue weighted by molar-refractivity contribution is 5.85. The molecule has 4 rings (SSSR count). The number of methoxy groups -OCH3 is 1. The van der Waals surface area contributed by atoms with Gasteiger partial charge in [0.05, 0.1) is 13.2 Å². The Morgan fingerprint density at radius 1 is 0.970 bits per heavy atom. The van der Waals surface area contributed by atoms with E-state index in [0.717, 1.165) is 13.1 Å². The van der Waals surface area contributed by atoms with Crippen LogP contribution in [0.5, 0.6) is 0 Å².